The molecule has 104 valence electrons. The van der Waals surface area contributed by atoms with Gasteiger partial charge in [-0.25, -0.2) is 0 Å². The predicted octanol–water partition coefficient (Wildman–Crippen LogP) is -0.587. The van der Waals surface area contributed by atoms with Crippen molar-refractivity contribution in [3.8, 4) is 5.75 Å². The highest BCUT2D eigenvalue weighted by molar-refractivity contribution is 5.45. The summed E-state index contributed by atoms with van der Waals surface area (Å²) < 4.78 is 10.2. The van der Waals surface area contributed by atoms with Gasteiger partial charge in [0.2, 0.25) is 6.29 Å². The summed E-state index contributed by atoms with van der Waals surface area (Å²) in [6, 6.07) is 5.60. The molecule has 1 aliphatic rings. The maximum Gasteiger partial charge on any atom is 0.311 e. The van der Waals surface area contributed by atoms with Gasteiger partial charge in [-0.3, -0.25) is 10.1 Å². The van der Waals surface area contributed by atoms with Crippen molar-refractivity contribution in [2.45, 2.75) is 24.6 Å². The molecule has 4 atom stereocenters. The number of nitro benzene ring substituents is 1. The lowest BCUT2D eigenvalue weighted by Gasteiger charge is -2.34. The third-order valence-corrected chi connectivity index (χ3v) is 2.76. The van der Waals surface area contributed by atoms with Crippen LogP contribution in [0.1, 0.15) is 0 Å². The first-order valence-electron chi connectivity index (χ1n) is 5.56. The molecule has 8 heteroatoms. The Morgan fingerprint density at radius 1 is 1.26 bits per heavy atom. The number of aliphatic hydroxyl groups excluding tert-OH is 3. The van der Waals surface area contributed by atoms with E-state index in [-0.39, 0.29) is 18.0 Å². The number of para-hydroxylation sites is 2. The molecular formula is C11H13NO7. The van der Waals surface area contributed by atoms with E-state index in [4.69, 9.17) is 9.47 Å². The van der Waals surface area contributed by atoms with E-state index in [9.17, 15) is 25.4 Å². The number of nitro groups is 1. The second-order valence-corrected chi connectivity index (χ2v) is 4.09. The second-order valence-electron chi connectivity index (χ2n) is 4.09. The van der Waals surface area contributed by atoms with Gasteiger partial charge in [0.15, 0.2) is 5.75 Å². The van der Waals surface area contributed by atoms with Gasteiger partial charge < -0.3 is 24.8 Å². The van der Waals surface area contributed by atoms with Gasteiger partial charge in [-0.05, 0) is 6.07 Å². The van der Waals surface area contributed by atoms with Crippen molar-refractivity contribution in [3.63, 3.8) is 0 Å². The summed E-state index contributed by atoms with van der Waals surface area (Å²) in [7, 11) is 0. The van der Waals surface area contributed by atoms with Gasteiger partial charge in [0, 0.05) is 6.07 Å². The van der Waals surface area contributed by atoms with E-state index in [0.717, 1.165) is 0 Å². The van der Waals surface area contributed by atoms with E-state index in [1.165, 1.54) is 24.3 Å². The highest BCUT2D eigenvalue weighted by Gasteiger charge is 2.39. The fraction of sp³-hybridized carbons (Fsp3) is 0.455. The summed E-state index contributed by atoms with van der Waals surface area (Å²) in [4.78, 5) is 10.2. The molecule has 0 amide bonds. The predicted molar refractivity (Wildman–Crippen MR) is 61.5 cm³/mol. The number of benzene rings is 1. The number of nitrogens with zero attached hydrogens (tertiary/aromatic N) is 1. The summed E-state index contributed by atoms with van der Waals surface area (Å²) in [6.07, 6.45) is -5.43. The molecule has 3 N–H and O–H groups in total. The van der Waals surface area contributed by atoms with Crippen molar-refractivity contribution in [1.29, 1.82) is 0 Å². The van der Waals surface area contributed by atoms with E-state index in [1.807, 2.05) is 0 Å². The van der Waals surface area contributed by atoms with Crippen molar-refractivity contribution >= 4 is 5.69 Å². The first kappa shape index (κ1) is 13.7. The molecule has 0 spiro atoms. The highest BCUT2D eigenvalue weighted by Crippen LogP contribution is 2.29. The Bertz CT molecular complexity index is 466. The Morgan fingerprint density at radius 3 is 2.63 bits per heavy atom. The van der Waals surface area contributed by atoms with Crippen LogP contribution in [0.15, 0.2) is 24.3 Å². The lowest BCUT2D eigenvalue weighted by molar-refractivity contribution is -0.386. The van der Waals surface area contributed by atoms with E-state index in [1.54, 1.807) is 0 Å². The molecule has 0 aliphatic carbocycles. The zero-order valence-corrected chi connectivity index (χ0v) is 9.75. The fourth-order valence-corrected chi connectivity index (χ4v) is 1.72. The van der Waals surface area contributed by atoms with Crippen LogP contribution in [0.2, 0.25) is 0 Å². The Kier molecular flexibility index (Phi) is 3.96. The van der Waals surface area contributed by atoms with E-state index in [0.29, 0.717) is 0 Å². The number of ether oxygens (including phenoxy) is 2. The minimum absolute atomic E-state index is 0.0832. The van der Waals surface area contributed by atoms with Crippen molar-refractivity contribution in [2.75, 3.05) is 6.61 Å². The quantitative estimate of drug-likeness (QED) is 0.496. The SMILES string of the molecule is O=[N+]([O-])c1ccccc1O[C@H]1OC[C@@H](O)[C@@H](O)[C@@H]1O. The zero-order chi connectivity index (χ0) is 14.0. The number of hydrogen-bond donors (Lipinski definition) is 3. The maximum absolute atomic E-state index is 10.8. The van der Waals surface area contributed by atoms with Crippen molar-refractivity contribution in [1.82, 2.24) is 0 Å². The van der Waals surface area contributed by atoms with Gasteiger partial charge in [0.25, 0.3) is 0 Å². The topological polar surface area (TPSA) is 122 Å². The summed E-state index contributed by atoms with van der Waals surface area (Å²) in [5.41, 5.74) is -0.279. The molecule has 1 aliphatic heterocycles. The molecule has 0 aromatic heterocycles. The zero-order valence-electron chi connectivity index (χ0n) is 9.75. The van der Waals surface area contributed by atoms with E-state index < -0.39 is 29.5 Å². The Labute approximate surface area is 108 Å². The van der Waals surface area contributed by atoms with E-state index >= 15 is 0 Å². The Balaban J connectivity index is 2.15. The van der Waals surface area contributed by atoms with Crippen LogP contribution in [-0.2, 0) is 4.74 Å². The molecule has 1 fully saturated rings. The fourth-order valence-electron chi connectivity index (χ4n) is 1.72. The monoisotopic (exact) mass is 271 g/mol. The molecule has 19 heavy (non-hydrogen) atoms. The molecule has 0 saturated carbocycles. The lowest BCUT2D eigenvalue weighted by atomic mass is 10.1. The van der Waals surface area contributed by atoms with Crippen LogP contribution in [0.3, 0.4) is 0 Å². The van der Waals surface area contributed by atoms with Crippen molar-refractivity contribution in [2.24, 2.45) is 0 Å². The van der Waals surface area contributed by atoms with Crippen LogP contribution in [0.25, 0.3) is 0 Å². The first-order valence-corrected chi connectivity index (χ1v) is 5.56. The van der Waals surface area contributed by atoms with Crippen LogP contribution in [-0.4, -0.2) is 51.5 Å². The van der Waals surface area contributed by atoms with Gasteiger partial charge in [0.1, 0.15) is 18.3 Å². The van der Waals surface area contributed by atoms with Crippen molar-refractivity contribution in [3.05, 3.63) is 34.4 Å². The lowest BCUT2D eigenvalue weighted by Crippen LogP contribution is -2.54. The third-order valence-electron chi connectivity index (χ3n) is 2.76. The molecule has 1 aromatic carbocycles. The molecule has 0 radical (unpaired) electrons. The van der Waals surface area contributed by atoms with Crippen LogP contribution in [0, 0.1) is 10.1 Å². The van der Waals surface area contributed by atoms with Crippen LogP contribution >= 0.6 is 0 Å². The largest absolute Gasteiger partial charge is 0.455 e. The summed E-state index contributed by atoms with van der Waals surface area (Å²) in [6.45, 7) is -0.233. The number of rotatable bonds is 3. The normalized spacial score (nSPS) is 30.9. The average Bonchev–Trinajstić information content (AvgIpc) is 2.40. The molecule has 1 heterocycles. The van der Waals surface area contributed by atoms with Gasteiger partial charge in [-0.2, -0.15) is 0 Å². The van der Waals surface area contributed by atoms with Gasteiger partial charge in [0.05, 0.1) is 11.5 Å². The van der Waals surface area contributed by atoms with Crippen LogP contribution in [0.5, 0.6) is 5.75 Å². The smallest absolute Gasteiger partial charge is 0.311 e. The standard InChI is InChI=1S/C11H13NO7/c13-7-5-18-11(10(15)9(7)14)19-8-4-2-1-3-6(8)12(16)17/h1-4,7,9-11,13-15H,5H2/t7-,9-,10+,11-/m1/s1. The molecule has 1 saturated heterocycles. The van der Waals surface area contributed by atoms with Gasteiger partial charge >= 0.3 is 5.69 Å². The van der Waals surface area contributed by atoms with E-state index in [2.05, 4.69) is 0 Å². The average molecular weight is 271 g/mol. The molecule has 0 bridgehead atoms. The first-order chi connectivity index (χ1) is 9.00. The molecule has 2 rings (SSSR count). The van der Waals surface area contributed by atoms with Gasteiger partial charge in [-0.15, -0.1) is 0 Å². The third kappa shape index (κ3) is 2.82. The minimum atomic E-state index is -1.50. The molecule has 1 aromatic rings. The summed E-state index contributed by atoms with van der Waals surface area (Å²) in [5.74, 6) is -0.0832. The second kappa shape index (κ2) is 5.49. The number of aliphatic hydroxyl groups is 3. The summed E-state index contributed by atoms with van der Waals surface area (Å²) >= 11 is 0. The minimum Gasteiger partial charge on any atom is -0.455 e. The Morgan fingerprint density at radius 2 is 1.95 bits per heavy atom. The number of hydrogen-bond acceptors (Lipinski definition) is 7. The highest BCUT2D eigenvalue weighted by atomic mass is 16.7. The molecule has 8 nitrogen and oxygen atoms in total. The van der Waals surface area contributed by atoms with Crippen LogP contribution < -0.4 is 4.74 Å². The van der Waals surface area contributed by atoms with Gasteiger partial charge in [-0.1, -0.05) is 12.1 Å². The van der Waals surface area contributed by atoms with Crippen LogP contribution in [0.4, 0.5) is 5.69 Å². The van der Waals surface area contributed by atoms with Crippen molar-refractivity contribution < 1.29 is 29.7 Å². The molecule has 0 unspecified atom stereocenters. The maximum atomic E-state index is 10.8. The Hall–Kier alpha value is -1.74. The molecular weight excluding hydrogens is 258 g/mol. The summed E-state index contributed by atoms with van der Waals surface area (Å²) in [5, 5.41) is 39.2.